The molecule has 2 aromatic heterocycles. The van der Waals surface area contributed by atoms with Crippen LogP contribution in [-0.2, 0) is 0 Å². The van der Waals surface area contributed by atoms with Crippen molar-refractivity contribution in [1.29, 1.82) is 0 Å². The van der Waals surface area contributed by atoms with Gasteiger partial charge in [0.05, 0.1) is 30.7 Å². The summed E-state index contributed by atoms with van der Waals surface area (Å²) in [5, 5.41) is 9.78. The number of amides is 1. The van der Waals surface area contributed by atoms with Gasteiger partial charge in [0.2, 0.25) is 10.9 Å². The van der Waals surface area contributed by atoms with Crippen molar-refractivity contribution >= 4 is 33.3 Å². The number of nitrogens with zero attached hydrogens (tertiary/aromatic N) is 3. The van der Waals surface area contributed by atoms with Crippen LogP contribution in [0.25, 0.3) is 11.0 Å². The summed E-state index contributed by atoms with van der Waals surface area (Å²) in [6.45, 7) is 4.48. The summed E-state index contributed by atoms with van der Waals surface area (Å²) < 4.78 is 17.4. The third-order valence-corrected chi connectivity index (χ3v) is 6.60. The molecule has 0 saturated heterocycles. The fourth-order valence-electron chi connectivity index (χ4n) is 4.12. The number of hydrogen-bond acceptors (Lipinski definition) is 8. The molecule has 0 aliphatic carbocycles. The van der Waals surface area contributed by atoms with Gasteiger partial charge in [-0.3, -0.25) is 14.5 Å². The maximum absolute atomic E-state index is 13.6. The minimum Gasteiger partial charge on any atom is -0.493 e. The van der Waals surface area contributed by atoms with Crippen molar-refractivity contribution in [3.05, 3.63) is 74.6 Å². The predicted octanol–water partition coefficient (Wildman–Crippen LogP) is 4.89. The molecule has 2 aromatic carbocycles. The molecular weight excluding hydrogens is 454 g/mol. The van der Waals surface area contributed by atoms with E-state index in [4.69, 9.17) is 13.9 Å². The smallest absolute Gasteiger partial charge is 0.297 e. The van der Waals surface area contributed by atoms with Crippen LogP contribution in [0.2, 0.25) is 0 Å². The van der Waals surface area contributed by atoms with Crippen LogP contribution in [0.5, 0.6) is 11.5 Å². The topological polar surface area (TPSA) is 94.8 Å². The van der Waals surface area contributed by atoms with E-state index in [-0.39, 0.29) is 16.8 Å². The monoisotopic (exact) mass is 477 g/mol. The van der Waals surface area contributed by atoms with Gasteiger partial charge in [-0.05, 0) is 43.2 Å². The standard InChI is InChI=1S/C25H23N3O5S/c1-4-5-12-32-18-11-10-15(13-19(18)31-3)21-20-22(29)16-8-6-7-9-17(16)33-23(20)24(30)28(21)25-27-26-14(2)34-25/h6-11,13,21H,4-5,12H2,1-3H3/t21-/m1/s1. The lowest BCUT2D eigenvalue weighted by atomic mass is 9.98. The van der Waals surface area contributed by atoms with Crippen LogP contribution < -0.4 is 19.8 Å². The Morgan fingerprint density at radius 3 is 2.68 bits per heavy atom. The molecule has 0 bridgehead atoms. The first-order valence-corrected chi connectivity index (χ1v) is 11.8. The van der Waals surface area contributed by atoms with E-state index in [0.717, 1.165) is 12.8 Å². The molecule has 8 nitrogen and oxygen atoms in total. The minimum atomic E-state index is -0.741. The van der Waals surface area contributed by atoms with E-state index in [1.165, 1.54) is 16.2 Å². The molecule has 0 saturated carbocycles. The van der Waals surface area contributed by atoms with E-state index in [0.29, 0.717) is 44.8 Å². The molecular formula is C25H23N3O5S. The minimum absolute atomic E-state index is 0.0174. The average Bonchev–Trinajstić information content (AvgIpc) is 3.40. The third-order valence-electron chi connectivity index (χ3n) is 5.76. The maximum Gasteiger partial charge on any atom is 0.297 e. The van der Waals surface area contributed by atoms with E-state index >= 15 is 0 Å². The first-order chi connectivity index (χ1) is 16.5. The van der Waals surface area contributed by atoms with Crippen LogP contribution in [0.3, 0.4) is 0 Å². The molecule has 1 aliphatic rings. The Kier molecular flexibility index (Phi) is 5.79. The van der Waals surface area contributed by atoms with Crippen LogP contribution >= 0.6 is 11.3 Å². The number of fused-ring (bicyclic) bond motifs is 2. The van der Waals surface area contributed by atoms with Crippen LogP contribution in [0.4, 0.5) is 5.13 Å². The number of para-hydroxylation sites is 1. The fourth-order valence-corrected chi connectivity index (χ4v) is 4.83. The molecule has 3 heterocycles. The van der Waals surface area contributed by atoms with Gasteiger partial charge in [-0.25, -0.2) is 0 Å². The van der Waals surface area contributed by atoms with Gasteiger partial charge in [0.25, 0.3) is 5.91 Å². The highest BCUT2D eigenvalue weighted by molar-refractivity contribution is 7.15. The highest BCUT2D eigenvalue weighted by Crippen LogP contribution is 2.43. The molecule has 0 fully saturated rings. The van der Waals surface area contributed by atoms with Gasteiger partial charge in [0.1, 0.15) is 10.6 Å². The second-order valence-electron chi connectivity index (χ2n) is 7.96. The van der Waals surface area contributed by atoms with Crippen LogP contribution in [-0.4, -0.2) is 29.8 Å². The Balaban J connectivity index is 1.70. The number of rotatable bonds is 7. The van der Waals surface area contributed by atoms with Crippen molar-refractivity contribution < 1.29 is 18.7 Å². The lowest BCUT2D eigenvalue weighted by molar-refractivity contribution is 0.0970. The van der Waals surface area contributed by atoms with Gasteiger partial charge >= 0.3 is 0 Å². The van der Waals surface area contributed by atoms with Gasteiger partial charge in [-0.1, -0.05) is 42.9 Å². The lowest BCUT2D eigenvalue weighted by Crippen LogP contribution is -2.29. The zero-order chi connectivity index (χ0) is 23.8. The molecule has 1 aliphatic heterocycles. The third kappa shape index (κ3) is 3.62. The summed E-state index contributed by atoms with van der Waals surface area (Å²) >= 11 is 1.28. The van der Waals surface area contributed by atoms with Gasteiger partial charge in [-0.2, -0.15) is 0 Å². The second-order valence-corrected chi connectivity index (χ2v) is 9.12. The average molecular weight is 478 g/mol. The number of ether oxygens (including phenoxy) is 2. The normalized spacial score (nSPS) is 15.1. The largest absolute Gasteiger partial charge is 0.493 e. The fraction of sp³-hybridized carbons (Fsp3) is 0.280. The summed E-state index contributed by atoms with van der Waals surface area (Å²) in [5.74, 6) is 0.714. The maximum atomic E-state index is 13.6. The number of benzene rings is 2. The zero-order valence-electron chi connectivity index (χ0n) is 19.0. The zero-order valence-corrected chi connectivity index (χ0v) is 19.8. The molecule has 1 atom stereocenters. The molecule has 4 aromatic rings. The lowest BCUT2D eigenvalue weighted by Gasteiger charge is -2.23. The highest BCUT2D eigenvalue weighted by Gasteiger charge is 2.45. The molecule has 5 rings (SSSR count). The van der Waals surface area contributed by atoms with Gasteiger partial charge in [0, 0.05) is 0 Å². The van der Waals surface area contributed by atoms with Crippen LogP contribution in [0.1, 0.15) is 52.5 Å². The van der Waals surface area contributed by atoms with Crippen molar-refractivity contribution in [3.8, 4) is 11.5 Å². The molecule has 34 heavy (non-hydrogen) atoms. The van der Waals surface area contributed by atoms with E-state index in [1.807, 2.05) is 13.0 Å². The van der Waals surface area contributed by atoms with Crippen molar-refractivity contribution in [2.45, 2.75) is 32.7 Å². The number of carbonyl (C=O) groups excluding carboxylic acids is 1. The number of unbranched alkanes of at least 4 members (excludes halogenated alkanes) is 1. The molecule has 0 N–H and O–H groups in total. The number of aryl methyl sites for hydroxylation is 1. The molecule has 174 valence electrons. The molecule has 0 radical (unpaired) electrons. The SMILES string of the molecule is CCCCOc1ccc([C@@H]2c3c(oc4ccccc4c3=O)C(=O)N2c2nnc(C)s2)cc1OC. The summed E-state index contributed by atoms with van der Waals surface area (Å²) in [4.78, 5) is 28.6. The quantitative estimate of drug-likeness (QED) is 0.350. The number of hydrogen-bond donors (Lipinski definition) is 0. The molecule has 0 spiro atoms. The van der Waals surface area contributed by atoms with Crippen molar-refractivity contribution in [1.82, 2.24) is 10.2 Å². The van der Waals surface area contributed by atoms with E-state index < -0.39 is 11.9 Å². The van der Waals surface area contributed by atoms with Gasteiger partial charge in [-0.15, -0.1) is 10.2 Å². The molecule has 9 heteroatoms. The molecule has 1 amide bonds. The van der Waals surface area contributed by atoms with E-state index in [9.17, 15) is 9.59 Å². The first kappa shape index (κ1) is 22.1. The summed E-state index contributed by atoms with van der Waals surface area (Å²) in [6.07, 6.45) is 1.94. The second kappa shape index (κ2) is 8.90. The number of methoxy groups -OCH3 is 1. The predicted molar refractivity (Wildman–Crippen MR) is 129 cm³/mol. The number of aromatic nitrogens is 2. The summed E-state index contributed by atoms with van der Waals surface area (Å²) in [7, 11) is 1.56. The van der Waals surface area contributed by atoms with Crippen molar-refractivity contribution in [2.75, 3.05) is 18.6 Å². The van der Waals surface area contributed by atoms with Crippen molar-refractivity contribution in [2.24, 2.45) is 0 Å². The Hall–Kier alpha value is -3.72. The van der Waals surface area contributed by atoms with Crippen molar-refractivity contribution in [3.63, 3.8) is 0 Å². The van der Waals surface area contributed by atoms with Gasteiger partial charge < -0.3 is 13.9 Å². The Morgan fingerprint density at radius 1 is 1.12 bits per heavy atom. The summed E-state index contributed by atoms with van der Waals surface area (Å²) in [5.41, 5.74) is 1.08. The number of anilines is 1. The Bertz CT molecular complexity index is 1440. The summed E-state index contributed by atoms with van der Waals surface area (Å²) in [6, 6.07) is 11.6. The highest BCUT2D eigenvalue weighted by atomic mass is 32.1. The van der Waals surface area contributed by atoms with Crippen LogP contribution in [0.15, 0.2) is 51.7 Å². The first-order valence-electron chi connectivity index (χ1n) is 11.0. The molecule has 0 unspecified atom stereocenters. The Labute approximate surface area is 199 Å². The van der Waals surface area contributed by atoms with Gasteiger partial charge in [0.15, 0.2) is 16.9 Å². The van der Waals surface area contributed by atoms with E-state index in [2.05, 4.69) is 17.1 Å². The number of carbonyl (C=O) groups is 1. The Morgan fingerprint density at radius 2 is 1.94 bits per heavy atom. The van der Waals surface area contributed by atoms with Crippen LogP contribution in [0, 0.1) is 6.92 Å². The van der Waals surface area contributed by atoms with E-state index in [1.54, 1.807) is 43.5 Å².